The zero-order valence-corrected chi connectivity index (χ0v) is 9.58. The van der Waals surface area contributed by atoms with Crippen molar-refractivity contribution in [1.82, 2.24) is 14.9 Å². The number of aromatic nitrogens is 2. The number of imidazole rings is 1. The highest BCUT2D eigenvalue weighted by atomic mass is 15.1. The van der Waals surface area contributed by atoms with Gasteiger partial charge in [0, 0.05) is 31.4 Å². The molecule has 0 unspecified atom stereocenters. The van der Waals surface area contributed by atoms with Gasteiger partial charge in [0.2, 0.25) is 0 Å². The van der Waals surface area contributed by atoms with Gasteiger partial charge in [0.05, 0.1) is 0 Å². The molecule has 1 heterocycles. The van der Waals surface area contributed by atoms with Crippen molar-refractivity contribution in [2.24, 2.45) is 0 Å². The van der Waals surface area contributed by atoms with Crippen molar-refractivity contribution in [3.8, 4) is 0 Å². The van der Waals surface area contributed by atoms with E-state index in [0.29, 0.717) is 0 Å². The van der Waals surface area contributed by atoms with Crippen LogP contribution in [0.5, 0.6) is 0 Å². The average molecular weight is 207 g/mol. The lowest BCUT2D eigenvalue weighted by Gasteiger charge is -2.06. The summed E-state index contributed by atoms with van der Waals surface area (Å²) in [6.07, 6.45) is 10.3. The Labute approximate surface area is 91.9 Å². The van der Waals surface area contributed by atoms with E-state index in [2.05, 4.69) is 28.0 Å². The molecule has 1 aromatic heterocycles. The standard InChI is InChI=1S/C12H21N3/c1-2-12-14-8-10-15(12)9-4-3-7-13-11-5-6-11/h8,10-11,13H,2-7,9H2,1H3. The van der Waals surface area contributed by atoms with Crippen LogP contribution in [-0.4, -0.2) is 22.1 Å². The number of hydrogen-bond donors (Lipinski definition) is 1. The first-order chi connectivity index (χ1) is 7.40. The third-order valence-electron chi connectivity index (χ3n) is 2.95. The molecule has 0 saturated heterocycles. The van der Waals surface area contributed by atoms with Crippen LogP contribution in [0.1, 0.15) is 38.4 Å². The van der Waals surface area contributed by atoms with Gasteiger partial charge in [0.1, 0.15) is 5.82 Å². The number of aryl methyl sites for hydroxylation is 2. The molecule has 84 valence electrons. The second-order valence-corrected chi connectivity index (χ2v) is 4.33. The van der Waals surface area contributed by atoms with Gasteiger partial charge in [-0.05, 0) is 32.2 Å². The summed E-state index contributed by atoms with van der Waals surface area (Å²) < 4.78 is 2.27. The number of hydrogen-bond acceptors (Lipinski definition) is 2. The van der Waals surface area contributed by atoms with Gasteiger partial charge >= 0.3 is 0 Å². The Balaban J connectivity index is 1.59. The molecule has 0 aromatic carbocycles. The van der Waals surface area contributed by atoms with Crippen molar-refractivity contribution >= 4 is 0 Å². The zero-order chi connectivity index (χ0) is 10.5. The Bertz CT molecular complexity index is 289. The molecule has 0 spiro atoms. The van der Waals surface area contributed by atoms with E-state index >= 15 is 0 Å². The lowest BCUT2D eigenvalue weighted by Crippen LogP contribution is -2.17. The van der Waals surface area contributed by atoms with Crippen molar-refractivity contribution in [2.75, 3.05) is 6.54 Å². The minimum atomic E-state index is 0.851. The highest BCUT2D eigenvalue weighted by Crippen LogP contribution is 2.18. The molecule has 15 heavy (non-hydrogen) atoms. The van der Waals surface area contributed by atoms with Gasteiger partial charge in [-0.15, -0.1) is 0 Å². The highest BCUT2D eigenvalue weighted by Gasteiger charge is 2.19. The Hall–Kier alpha value is -0.830. The van der Waals surface area contributed by atoms with Gasteiger partial charge in [-0.3, -0.25) is 0 Å². The molecule has 1 saturated carbocycles. The first-order valence-corrected chi connectivity index (χ1v) is 6.13. The van der Waals surface area contributed by atoms with E-state index in [1.165, 1.54) is 38.1 Å². The highest BCUT2D eigenvalue weighted by molar-refractivity contribution is 4.91. The molecule has 1 aromatic rings. The van der Waals surface area contributed by atoms with Crippen LogP contribution in [0.15, 0.2) is 12.4 Å². The van der Waals surface area contributed by atoms with Crippen molar-refractivity contribution in [2.45, 2.75) is 51.6 Å². The lowest BCUT2D eigenvalue weighted by atomic mass is 10.3. The van der Waals surface area contributed by atoms with Crippen molar-refractivity contribution in [3.05, 3.63) is 18.2 Å². The van der Waals surface area contributed by atoms with Crippen molar-refractivity contribution in [3.63, 3.8) is 0 Å². The Morgan fingerprint density at radius 2 is 2.33 bits per heavy atom. The van der Waals surface area contributed by atoms with Gasteiger partial charge in [0.15, 0.2) is 0 Å². The van der Waals surface area contributed by atoms with E-state index in [9.17, 15) is 0 Å². The third-order valence-corrected chi connectivity index (χ3v) is 2.95. The maximum atomic E-state index is 4.32. The van der Waals surface area contributed by atoms with E-state index in [-0.39, 0.29) is 0 Å². The van der Waals surface area contributed by atoms with E-state index in [0.717, 1.165) is 19.0 Å². The fourth-order valence-corrected chi connectivity index (χ4v) is 1.86. The van der Waals surface area contributed by atoms with Crippen LogP contribution in [0.2, 0.25) is 0 Å². The van der Waals surface area contributed by atoms with Crippen molar-refractivity contribution in [1.29, 1.82) is 0 Å². The molecule has 3 heteroatoms. The maximum Gasteiger partial charge on any atom is 0.108 e. The topological polar surface area (TPSA) is 29.9 Å². The molecular formula is C12H21N3. The van der Waals surface area contributed by atoms with Crippen LogP contribution in [0.25, 0.3) is 0 Å². The average Bonchev–Trinajstić information content (AvgIpc) is 2.96. The predicted octanol–water partition coefficient (Wildman–Crippen LogP) is 1.98. The molecule has 1 aliphatic rings. The van der Waals surface area contributed by atoms with Crippen LogP contribution in [0.4, 0.5) is 0 Å². The largest absolute Gasteiger partial charge is 0.335 e. The summed E-state index contributed by atoms with van der Waals surface area (Å²) in [5.74, 6) is 1.21. The minimum absolute atomic E-state index is 0.851. The summed E-state index contributed by atoms with van der Waals surface area (Å²) in [6.45, 7) is 4.46. The summed E-state index contributed by atoms with van der Waals surface area (Å²) in [6, 6.07) is 0.851. The van der Waals surface area contributed by atoms with Crippen LogP contribution >= 0.6 is 0 Å². The third kappa shape index (κ3) is 3.34. The molecule has 0 aliphatic heterocycles. The van der Waals surface area contributed by atoms with Gasteiger partial charge < -0.3 is 9.88 Å². The fraction of sp³-hybridized carbons (Fsp3) is 0.750. The minimum Gasteiger partial charge on any atom is -0.335 e. The van der Waals surface area contributed by atoms with Gasteiger partial charge in [-0.1, -0.05) is 6.92 Å². The molecule has 2 rings (SSSR count). The van der Waals surface area contributed by atoms with Crippen molar-refractivity contribution < 1.29 is 0 Å². The fourth-order valence-electron chi connectivity index (χ4n) is 1.86. The van der Waals surface area contributed by atoms with Gasteiger partial charge in [-0.2, -0.15) is 0 Å². The lowest BCUT2D eigenvalue weighted by molar-refractivity contribution is 0.555. The SMILES string of the molecule is CCc1nccn1CCCCNC1CC1. The molecular weight excluding hydrogens is 186 g/mol. The Morgan fingerprint density at radius 1 is 1.47 bits per heavy atom. The molecule has 1 fully saturated rings. The molecule has 1 aliphatic carbocycles. The molecule has 3 nitrogen and oxygen atoms in total. The second kappa shape index (κ2) is 5.31. The first-order valence-electron chi connectivity index (χ1n) is 6.13. The number of rotatable bonds is 7. The van der Waals surface area contributed by atoms with E-state index in [4.69, 9.17) is 0 Å². The van der Waals surface area contributed by atoms with Crippen LogP contribution in [0, 0.1) is 0 Å². The summed E-state index contributed by atoms with van der Waals surface area (Å²) >= 11 is 0. The summed E-state index contributed by atoms with van der Waals surface area (Å²) in [4.78, 5) is 4.32. The number of nitrogens with one attached hydrogen (secondary N) is 1. The van der Waals surface area contributed by atoms with E-state index < -0.39 is 0 Å². The molecule has 0 radical (unpaired) electrons. The summed E-state index contributed by atoms with van der Waals surface area (Å²) in [5, 5.41) is 3.54. The molecule has 1 N–H and O–H groups in total. The Kier molecular flexibility index (Phi) is 3.78. The smallest absolute Gasteiger partial charge is 0.108 e. The normalized spacial score (nSPS) is 15.8. The van der Waals surface area contributed by atoms with E-state index in [1.54, 1.807) is 0 Å². The Morgan fingerprint density at radius 3 is 3.07 bits per heavy atom. The maximum absolute atomic E-state index is 4.32. The molecule has 0 atom stereocenters. The predicted molar refractivity (Wildman–Crippen MR) is 61.9 cm³/mol. The zero-order valence-electron chi connectivity index (χ0n) is 9.58. The second-order valence-electron chi connectivity index (χ2n) is 4.33. The van der Waals surface area contributed by atoms with Crippen LogP contribution < -0.4 is 5.32 Å². The first kappa shape index (κ1) is 10.7. The van der Waals surface area contributed by atoms with Crippen LogP contribution in [-0.2, 0) is 13.0 Å². The van der Waals surface area contributed by atoms with Crippen LogP contribution in [0.3, 0.4) is 0 Å². The number of unbranched alkanes of at least 4 members (excludes halogenated alkanes) is 1. The monoisotopic (exact) mass is 207 g/mol. The van der Waals surface area contributed by atoms with E-state index in [1.807, 2.05) is 6.20 Å². The molecule has 0 amide bonds. The van der Waals surface area contributed by atoms with Gasteiger partial charge in [0.25, 0.3) is 0 Å². The van der Waals surface area contributed by atoms with Gasteiger partial charge in [-0.25, -0.2) is 4.98 Å². The quantitative estimate of drug-likeness (QED) is 0.693. The molecule has 0 bridgehead atoms. The number of nitrogens with zero attached hydrogens (tertiary/aromatic N) is 2. The summed E-state index contributed by atoms with van der Waals surface area (Å²) in [5.41, 5.74) is 0. The summed E-state index contributed by atoms with van der Waals surface area (Å²) in [7, 11) is 0.